The van der Waals surface area contributed by atoms with E-state index in [1.165, 1.54) is 6.39 Å². The first-order chi connectivity index (χ1) is 9.67. The molecule has 0 aromatic carbocycles. The highest BCUT2D eigenvalue weighted by atomic mass is 16.6. The first-order valence-electron chi connectivity index (χ1n) is 6.80. The number of aromatic nitrogens is 1. The molecule has 1 aromatic heterocycles. The third-order valence-electron chi connectivity index (χ3n) is 3.26. The molecule has 0 radical (unpaired) electrons. The van der Waals surface area contributed by atoms with Gasteiger partial charge in [-0.05, 0) is 6.92 Å². The summed E-state index contributed by atoms with van der Waals surface area (Å²) in [6, 6.07) is 0. The topological polar surface area (TPSA) is 75.9 Å². The van der Waals surface area contributed by atoms with E-state index in [-0.39, 0.29) is 12.0 Å². The maximum atomic E-state index is 12.3. The molecular weight excluding hydrogens is 262 g/mol. The summed E-state index contributed by atoms with van der Waals surface area (Å²) in [5, 5.41) is 0. The van der Waals surface area contributed by atoms with Crippen LogP contribution in [0.25, 0.3) is 0 Å². The summed E-state index contributed by atoms with van der Waals surface area (Å²) >= 11 is 0. The lowest BCUT2D eigenvalue weighted by Crippen LogP contribution is -2.50. The number of carbonyl (C=O) groups excluding carboxylic acids is 2. The Bertz CT molecular complexity index is 478. The summed E-state index contributed by atoms with van der Waals surface area (Å²) in [6.45, 7) is 5.95. The van der Waals surface area contributed by atoms with Crippen LogP contribution in [-0.4, -0.2) is 59.6 Å². The van der Waals surface area contributed by atoms with E-state index in [1.807, 2.05) is 6.92 Å². The van der Waals surface area contributed by atoms with E-state index in [4.69, 9.17) is 9.15 Å². The van der Waals surface area contributed by atoms with Crippen LogP contribution in [0.4, 0.5) is 4.79 Å². The molecule has 7 nitrogen and oxygen atoms in total. The van der Waals surface area contributed by atoms with Crippen LogP contribution in [0.2, 0.25) is 0 Å². The minimum absolute atomic E-state index is 0.140. The zero-order chi connectivity index (χ0) is 14.5. The van der Waals surface area contributed by atoms with Crippen LogP contribution in [0.5, 0.6) is 0 Å². The molecule has 1 saturated heterocycles. The quantitative estimate of drug-likeness (QED) is 0.830. The first-order valence-corrected chi connectivity index (χ1v) is 6.80. The summed E-state index contributed by atoms with van der Waals surface area (Å²) in [5.74, 6) is 0.460. The van der Waals surface area contributed by atoms with Gasteiger partial charge in [-0.2, -0.15) is 0 Å². The third-order valence-corrected chi connectivity index (χ3v) is 3.26. The number of carbonyl (C=O) groups is 2. The third kappa shape index (κ3) is 2.92. The molecular formula is C13H19N3O4. The number of oxazole rings is 1. The number of amides is 2. The van der Waals surface area contributed by atoms with Gasteiger partial charge in [0.05, 0.1) is 6.61 Å². The van der Waals surface area contributed by atoms with Gasteiger partial charge >= 0.3 is 6.09 Å². The van der Waals surface area contributed by atoms with Crippen LogP contribution in [0.15, 0.2) is 10.8 Å². The van der Waals surface area contributed by atoms with Gasteiger partial charge in [0, 0.05) is 32.6 Å². The summed E-state index contributed by atoms with van der Waals surface area (Å²) in [6.07, 6.45) is 1.60. The number of rotatable bonds is 3. The van der Waals surface area contributed by atoms with Crippen LogP contribution in [0, 0.1) is 0 Å². The van der Waals surface area contributed by atoms with E-state index in [9.17, 15) is 9.59 Å². The largest absolute Gasteiger partial charge is 0.450 e. The molecule has 110 valence electrons. The molecule has 1 aliphatic heterocycles. The molecule has 0 bridgehead atoms. The van der Waals surface area contributed by atoms with E-state index in [0.717, 1.165) is 0 Å². The highest BCUT2D eigenvalue weighted by Gasteiger charge is 2.28. The Balaban J connectivity index is 1.94. The number of ether oxygens (including phenoxy) is 1. The summed E-state index contributed by atoms with van der Waals surface area (Å²) in [7, 11) is 0. The Morgan fingerprint density at radius 1 is 1.25 bits per heavy atom. The standard InChI is InChI=1S/C13H19N3O4/c1-3-10-11(14-9-20-10)12(17)15-5-7-16(8-6-15)13(18)19-4-2/h9H,3-8H2,1-2H3. The number of nitrogens with zero attached hydrogens (tertiary/aromatic N) is 3. The van der Waals surface area contributed by atoms with Crippen molar-refractivity contribution in [2.45, 2.75) is 20.3 Å². The lowest BCUT2D eigenvalue weighted by atomic mass is 10.2. The predicted molar refractivity (Wildman–Crippen MR) is 70.4 cm³/mol. The van der Waals surface area contributed by atoms with E-state index >= 15 is 0 Å². The number of piperazine rings is 1. The van der Waals surface area contributed by atoms with Crippen LogP contribution in [0.1, 0.15) is 30.1 Å². The van der Waals surface area contributed by atoms with Gasteiger partial charge in [0.15, 0.2) is 12.1 Å². The minimum atomic E-state index is -0.324. The van der Waals surface area contributed by atoms with Crippen molar-refractivity contribution in [2.24, 2.45) is 0 Å². The monoisotopic (exact) mass is 281 g/mol. The Hall–Kier alpha value is -2.05. The van der Waals surface area contributed by atoms with Crippen molar-refractivity contribution in [2.75, 3.05) is 32.8 Å². The van der Waals surface area contributed by atoms with Crippen molar-refractivity contribution in [1.82, 2.24) is 14.8 Å². The second-order valence-corrected chi connectivity index (χ2v) is 4.46. The molecule has 20 heavy (non-hydrogen) atoms. The van der Waals surface area contributed by atoms with E-state index in [2.05, 4.69) is 4.98 Å². The number of hydrogen-bond donors (Lipinski definition) is 0. The molecule has 0 spiro atoms. The predicted octanol–water partition coefficient (Wildman–Crippen LogP) is 1.15. The fourth-order valence-electron chi connectivity index (χ4n) is 2.15. The lowest BCUT2D eigenvalue weighted by Gasteiger charge is -2.33. The minimum Gasteiger partial charge on any atom is -0.450 e. The maximum Gasteiger partial charge on any atom is 0.409 e. The molecule has 0 saturated carbocycles. The molecule has 0 unspecified atom stereocenters. The highest BCUT2D eigenvalue weighted by molar-refractivity contribution is 5.93. The van der Waals surface area contributed by atoms with E-state index < -0.39 is 0 Å². The molecule has 7 heteroatoms. The SMILES string of the molecule is CCOC(=O)N1CCN(C(=O)c2ncoc2CC)CC1. The van der Waals surface area contributed by atoms with Gasteiger partial charge in [-0.3, -0.25) is 4.79 Å². The first kappa shape index (κ1) is 14.4. The van der Waals surface area contributed by atoms with Crippen molar-refractivity contribution in [3.8, 4) is 0 Å². The maximum absolute atomic E-state index is 12.3. The smallest absolute Gasteiger partial charge is 0.409 e. The Kier molecular flexibility index (Phi) is 4.60. The van der Waals surface area contributed by atoms with Gasteiger partial charge in [-0.1, -0.05) is 6.92 Å². The van der Waals surface area contributed by atoms with Gasteiger partial charge < -0.3 is 19.0 Å². The van der Waals surface area contributed by atoms with E-state index in [0.29, 0.717) is 50.7 Å². The second kappa shape index (κ2) is 6.40. The normalized spacial score (nSPS) is 15.3. The van der Waals surface area contributed by atoms with E-state index in [1.54, 1.807) is 16.7 Å². The average molecular weight is 281 g/mol. The summed E-state index contributed by atoms with van der Waals surface area (Å²) in [5.41, 5.74) is 0.372. The van der Waals surface area contributed by atoms with Gasteiger partial charge in [0.2, 0.25) is 0 Å². The fourth-order valence-corrected chi connectivity index (χ4v) is 2.15. The van der Waals surface area contributed by atoms with Crippen molar-refractivity contribution in [3.05, 3.63) is 17.8 Å². The molecule has 1 fully saturated rings. The molecule has 1 aromatic rings. The molecule has 2 rings (SSSR count). The molecule has 1 aliphatic rings. The van der Waals surface area contributed by atoms with Crippen LogP contribution in [-0.2, 0) is 11.2 Å². The summed E-state index contributed by atoms with van der Waals surface area (Å²) < 4.78 is 10.1. The number of hydrogen-bond acceptors (Lipinski definition) is 5. The van der Waals surface area contributed by atoms with Gasteiger partial charge in [-0.25, -0.2) is 9.78 Å². The molecule has 2 amide bonds. The van der Waals surface area contributed by atoms with Crippen molar-refractivity contribution in [3.63, 3.8) is 0 Å². The highest BCUT2D eigenvalue weighted by Crippen LogP contribution is 2.13. The zero-order valence-corrected chi connectivity index (χ0v) is 11.8. The molecule has 2 heterocycles. The van der Waals surface area contributed by atoms with Crippen molar-refractivity contribution in [1.29, 1.82) is 0 Å². The average Bonchev–Trinajstić information content (AvgIpc) is 2.95. The van der Waals surface area contributed by atoms with Crippen molar-refractivity contribution >= 4 is 12.0 Å². The zero-order valence-electron chi connectivity index (χ0n) is 11.8. The molecule has 0 N–H and O–H groups in total. The second-order valence-electron chi connectivity index (χ2n) is 4.46. The Labute approximate surface area is 117 Å². The van der Waals surface area contributed by atoms with Crippen LogP contribution in [0.3, 0.4) is 0 Å². The Morgan fingerprint density at radius 3 is 2.50 bits per heavy atom. The Morgan fingerprint density at radius 2 is 1.90 bits per heavy atom. The van der Waals surface area contributed by atoms with Gasteiger partial charge in [-0.15, -0.1) is 0 Å². The fraction of sp³-hybridized carbons (Fsp3) is 0.615. The van der Waals surface area contributed by atoms with Gasteiger partial charge in [0.25, 0.3) is 5.91 Å². The molecule has 0 atom stereocenters. The van der Waals surface area contributed by atoms with Crippen LogP contribution >= 0.6 is 0 Å². The van der Waals surface area contributed by atoms with Crippen LogP contribution < -0.4 is 0 Å². The number of aryl methyl sites for hydroxylation is 1. The summed E-state index contributed by atoms with van der Waals surface area (Å²) in [4.78, 5) is 31.2. The lowest BCUT2D eigenvalue weighted by molar-refractivity contribution is 0.0564. The van der Waals surface area contributed by atoms with Gasteiger partial charge in [0.1, 0.15) is 5.76 Å². The molecule has 0 aliphatic carbocycles. The van der Waals surface area contributed by atoms with Crippen molar-refractivity contribution < 1.29 is 18.7 Å².